The van der Waals surface area contributed by atoms with Gasteiger partial charge >= 0.3 is 29.8 Å². The quantitative estimate of drug-likeness (QED) is 0.207. The van der Waals surface area contributed by atoms with Gasteiger partial charge in [0.25, 0.3) is 0 Å². The van der Waals surface area contributed by atoms with Crippen LogP contribution in [0.3, 0.4) is 0 Å². The van der Waals surface area contributed by atoms with Crippen LogP contribution in [-0.2, 0) is 63.8 Å². The SMILES string of the molecule is COC(=O)C(NOCc1ccccc1)C(C)C[C@@H]1O[C@H](COC(C)=O)[C@@H](OC(C)=O)[C@H](OC(C)=O)[C@H]1OC(C)=O. The van der Waals surface area contributed by atoms with Gasteiger partial charge < -0.3 is 28.4 Å². The van der Waals surface area contributed by atoms with E-state index in [9.17, 15) is 24.0 Å². The van der Waals surface area contributed by atoms with E-state index in [2.05, 4.69) is 5.48 Å². The van der Waals surface area contributed by atoms with Crippen LogP contribution in [0.15, 0.2) is 30.3 Å². The summed E-state index contributed by atoms with van der Waals surface area (Å²) in [6.45, 7) is 6.18. The summed E-state index contributed by atoms with van der Waals surface area (Å²) < 4.78 is 32.5. The molecule has 222 valence electrons. The molecule has 7 atom stereocenters. The Morgan fingerprint density at radius 2 is 1.38 bits per heavy atom. The van der Waals surface area contributed by atoms with Crippen LogP contribution >= 0.6 is 0 Å². The molecule has 40 heavy (non-hydrogen) atoms. The van der Waals surface area contributed by atoms with Crippen molar-refractivity contribution in [1.29, 1.82) is 0 Å². The van der Waals surface area contributed by atoms with Crippen molar-refractivity contribution < 1.29 is 57.2 Å². The molecule has 1 saturated heterocycles. The zero-order valence-corrected chi connectivity index (χ0v) is 23.4. The van der Waals surface area contributed by atoms with Gasteiger partial charge in [0, 0.05) is 27.7 Å². The maximum absolute atomic E-state index is 12.6. The van der Waals surface area contributed by atoms with Gasteiger partial charge in [0.05, 0.1) is 19.8 Å². The molecule has 1 N–H and O–H groups in total. The summed E-state index contributed by atoms with van der Waals surface area (Å²) in [6, 6.07) is 8.31. The van der Waals surface area contributed by atoms with Crippen molar-refractivity contribution in [3.63, 3.8) is 0 Å². The molecule has 1 aromatic carbocycles. The largest absolute Gasteiger partial charge is 0.468 e. The Labute approximate surface area is 232 Å². The Kier molecular flexibility index (Phi) is 13.0. The van der Waals surface area contributed by atoms with Gasteiger partial charge in [-0.3, -0.25) is 28.8 Å². The first-order valence-corrected chi connectivity index (χ1v) is 12.7. The molecular formula is C27H37NO12. The van der Waals surface area contributed by atoms with Gasteiger partial charge in [-0.15, -0.1) is 0 Å². The number of esters is 5. The average molecular weight is 568 g/mol. The van der Waals surface area contributed by atoms with E-state index in [1.54, 1.807) is 6.92 Å². The molecule has 1 aromatic rings. The molecule has 2 rings (SSSR count). The molecule has 1 fully saturated rings. The predicted molar refractivity (Wildman–Crippen MR) is 136 cm³/mol. The van der Waals surface area contributed by atoms with E-state index in [1.807, 2.05) is 30.3 Å². The number of hydrogen-bond acceptors (Lipinski definition) is 13. The van der Waals surface area contributed by atoms with E-state index >= 15 is 0 Å². The fourth-order valence-corrected chi connectivity index (χ4v) is 4.32. The van der Waals surface area contributed by atoms with Crippen LogP contribution in [0, 0.1) is 5.92 Å². The summed E-state index contributed by atoms with van der Waals surface area (Å²) in [7, 11) is 1.23. The number of carbonyl (C=O) groups is 5. The maximum Gasteiger partial charge on any atom is 0.325 e. The summed E-state index contributed by atoms with van der Waals surface area (Å²) in [5.74, 6) is -3.96. The Hall–Kier alpha value is -3.55. The highest BCUT2D eigenvalue weighted by Gasteiger charge is 2.52. The molecule has 0 radical (unpaired) electrons. The lowest BCUT2D eigenvalue weighted by Gasteiger charge is -2.45. The molecule has 13 heteroatoms. The maximum atomic E-state index is 12.6. The van der Waals surface area contributed by atoms with Crippen LogP contribution in [0.25, 0.3) is 0 Å². The van der Waals surface area contributed by atoms with Crippen LogP contribution in [0.5, 0.6) is 0 Å². The Balaban J connectivity index is 2.34. The zero-order valence-electron chi connectivity index (χ0n) is 23.4. The van der Waals surface area contributed by atoms with Gasteiger partial charge in [-0.2, -0.15) is 5.48 Å². The number of nitrogens with one attached hydrogen (secondary N) is 1. The van der Waals surface area contributed by atoms with E-state index in [4.69, 9.17) is 33.3 Å². The lowest BCUT2D eigenvalue weighted by molar-refractivity contribution is -0.255. The Morgan fingerprint density at radius 3 is 1.90 bits per heavy atom. The standard InChI is InChI=1S/C27H37NO12/c1-15(23(27(33)34-6)28-36-13-20-10-8-7-9-11-20)12-21-24(37-17(3)30)26(39-19(5)32)25(38-18(4)31)22(40-21)14-35-16(2)29/h7-11,15,21-26,28H,12-14H2,1-6H3/t15?,21-,22+,23?,24-,25+,26+/m0/s1. The second-order valence-electron chi connectivity index (χ2n) is 9.34. The van der Waals surface area contributed by atoms with Gasteiger partial charge in [0.1, 0.15) is 18.8 Å². The van der Waals surface area contributed by atoms with Crippen LogP contribution in [-0.4, -0.2) is 80.1 Å². The minimum atomic E-state index is -1.30. The van der Waals surface area contributed by atoms with Crippen LogP contribution in [0.2, 0.25) is 0 Å². The first-order chi connectivity index (χ1) is 18.9. The average Bonchev–Trinajstić information content (AvgIpc) is 2.88. The predicted octanol–water partition coefficient (Wildman–Crippen LogP) is 1.40. The fraction of sp³-hybridized carbons (Fsp3) is 0.593. The topological polar surface area (TPSA) is 162 Å². The fourth-order valence-electron chi connectivity index (χ4n) is 4.32. The number of benzene rings is 1. The van der Waals surface area contributed by atoms with Gasteiger partial charge in [-0.05, 0) is 17.9 Å². The summed E-state index contributed by atoms with van der Waals surface area (Å²) in [5.41, 5.74) is 3.60. The smallest absolute Gasteiger partial charge is 0.325 e. The van der Waals surface area contributed by atoms with E-state index in [-0.39, 0.29) is 19.6 Å². The highest BCUT2D eigenvalue weighted by Crippen LogP contribution is 2.33. The summed E-state index contributed by atoms with van der Waals surface area (Å²) in [5, 5.41) is 0. The molecule has 1 heterocycles. The van der Waals surface area contributed by atoms with Crippen molar-refractivity contribution in [1.82, 2.24) is 5.48 Å². The van der Waals surface area contributed by atoms with E-state index in [0.29, 0.717) is 0 Å². The number of methoxy groups -OCH3 is 1. The van der Waals surface area contributed by atoms with E-state index in [1.165, 1.54) is 14.0 Å². The first kappa shape index (κ1) is 32.7. The van der Waals surface area contributed by atoms with Crippen molar-refractivity contribution in [2.75, 3.05) is 13.7 Å². The van der Waals surface area contributed by atoms with E-state index in [0.717, 1.165) is 26.3 Å². The highest BCUT2D eigenvalue weighted by molar-refractivity contribution is 5.75. The highest BCUT2D eigenvalue weighted by atomic mass is 16.7. The van der Waals surface area contributed by atoms with Crippen molar-refractivity contribution in [2.45, 2.75) is 84.2 Å². The van der Waals surface area contributed by atoms with Crippen LogP contribution in [0.4, 0.5) is 0 Å². The monoisotopic (exact) mass is 567 g/mol. The number of carbonyl (C=O) groups excluding carboxylic acids is 5. The molecular weight excluding hydrogens is 530 g/mol. The molecule has 0 spiro atoms. The minimum absolute atomic E-state index is 0.0561. The zero-order chi connectivity index (χ0) is 29.8. The number of rotatable bonds is 13. The van der Waals surface area contributed by atoms with Crippen molar-refractivity contribution in [3.05, 3.63) is 35.9 Å². The van der Waals surface area contributed by atoms with Gasteiger partial charge in [-0.25, -0.2) is 0 Å². The third kappa shape index (κ3) is 10.2. The molecule has 0 aliphatic carbocycles. The molecule has 0 aromatic heterocycles. The third-order valence-corrected chi connectivity index (χ3v) is 6.01. The van der Waals surface area contributed by atoms with Gasteiger partial charge in [0.2, 0.25) is 0 Å². The molecule has 1 aliphatic heterocycles. The summed E-state index contributed by atoms with van der Waals surface area (Å²) in [6.07, 6.45) is -5.80. The Morgan fingerprint density at radius 1 is 0.825 bits per heavy atom. The lowest BCUT2D eigenvalue weighted by Crippen LogP contribution is -2.63. The lowest BCUT2D eigenvalue weighted by atomic mass is 9.87. The molecule has 1 aliphatic rings. The third-order valence-electron chi connectivity index (χ3n) is 6.01. The van der Waals surface area contributed by atoms with Gasteiger partial charge in [0.15, 0.2) is 18.3 Å². The van der Waals surface area contributed by atoms with Crippen molar-refractivity contribution >= 4 is 29.8 Å². The summed E-state index contributed by atoms with van der Waals surface area (Å²) >= 11 is 0. The molecule has 0 bridgehead atoms. The van der Waals surface area contributed by atoms with Crippen molar-refractivity contribution in [3.8, 4) is 0 Å². The number of hydroxylamine groups is 1. The van der Waals surface area contributed by atoms with Crippen LogP contribution < -0.4 is 5.48 Å². The first-order valence-electron chi connectivity index (χ1n) is 12.7. The van der Waals surface area contributed by atoms with Crippen LogP contribution in [0.1, 0.15) is 46.6 Å². The molecule has 0 amide bonds. The second-order valence-corrected chi connectivity index (χ2v) is 9.34. The molecule has 13 nitrogen and oxygen atoms in total. The van der Waals surface area contributed by atoms with Gasteiger partial charge in [-0.1, -0.05) is 37.3 Å². The molecule has 2 unspecified atom stereocenters. The number of hydrogen-bond donors (Lipinski definition) is 1. The minimum Gasteiger partial charge on any atom is -0.468 e. The van der Waals surface area contributed by atoms with Crippen molar-refractivity contribution in [2.24, 2.45) is 5.92 Å². The molecule has 0 saturated carbocycles. The Bertz CT molecular complexity index is 1020. The number of ether oxygens (including phenoxy) is 6. The second kappa shape index (κ2) is 15.9. The van der Waals surface area contributed by atoms with E-state index < -0.39 is 72.3 Å². The normalized spacial score (nSPS) is 23.7. The summed E-state index contributed by atoms with van der Waals surface area (Å²) in [4.78, 5) is 65.7.